The lowest BCUT2D eigenvalue weighted by Crippen LogP contribution is -2.42. The summed E-state index contributed by atoms with van der Waals surface area (Å²) in [6.45, 7) is 2.81. The second-order valence-corrected chi connectivity index (χ2v) is 7.13. The van der Waals surface area contributed by atoms with Crippen molar-refractivity contribution in [2.75, 3.05) is 19.7 Å². The summed E-state index contributed by atoms with van der Waals surface area (Å²) in [4.78, 5) is 14.0. The van der Waals surface area contributed by atoms with Crippen LogP contribution in [0.2, 0.25) is 5.02 Å². The Morgan fingerprint density at radius 1 is 1.11 bits per heavy atom. The molecule has 0 radical (unpaired) electrons. The molecule has 3 rings (SSSR count). The number of hydrogen-bond acceptors (Lipinski definition) is 2. The number of nitrogens with zero attached hydrogens (tertiary/aromatic N) is 1. The molecular weight excluding hydrogens is 372 g/mol. The molecule has 0 atom stereocenters. The number of carbonyl (C=O) groups excluding carboxylic acids is 1. The van der Waals surface area contributed by atoms with Crippen molar-refractivity contribution in [3.63, 3.8) is 0 Å². The molecule has 1 aliphatic rings. The zero-order valence-electron chi connectivity index (χ0n) is 15.2. The zero-order chi connectivity index (χ0) is 19.4. The summed E-state index contributed by atoms with van der Waals surface area (Å²) >= 11 is 6.27. The lowest BCUT2D eigenvalue weighted by molar-refractivity contribution is -0.0494. The molecule has 0 aromatic heterocycles. The summed E-state index contributed by atoms with van der Waals surface area (Å²) in [5, 5.41) is 0.537. The van der Waals surface area contributed by atoms with E-state index < -0.39 is 5.92 Å². The van der Waals surface area contributed by atoms with Crippen molar-refractivity contribution >= 4 is 17.5 Å². The Labute approximate surface area is 162 Å². The molecule has 1 heterocycles. The standard InChI is InChI=1S/C21H22ClF2NO2/c1-2-13-27-19-8-7-17(14-18(19)22)15-3-5-16(6-4-15)20(26)25-11-9-21(23,24)10-12-25/h3-8,14H,2,9-13H2,1H3. The average Bonchev–Trinajstić information content (AvgIpc) is 2.66. The van der Waals surface area contributed by atoms with Crippen molar-refractivity contribution in [3.05, 3.63) is 53.1 Å². The number of rotatable bonds is 5. The molecule has 2 aromatic rings. The van der Waals surface area contributed by atoms with Gasteiger partial charge in [-0.05, 0) is 41.8 Å². The Kier molecular flexibility index (Phi) is 6.00. The van der Waals surface area contributed by atoms with Gasteiger partial charge in [0.2, 0.25) is 0 Å². The third-order valence-corrected chi connectivity index (χ3v) is 4.94. The van der Waals surface area contributed by atoms with E-state index in [1.807, 2.05) is 37.3 Å². The Morgan fingerprint density at radius 2 is 1.74 bits per heavy atom. The molecule has 0 saturated carbocycles. The van der Waals surface area contributed by atoms with Crippen molar-refractivity contribution in [1.82, 2.24) is 4.90 Å². The highest BCUT2D eigenvalue weighted by molar-refractivity contribution is 6.32. The van der Waals surface area contributed by atoms with Gasteiger partial charge >= 0.3 is 0 Å². The minimum Gasteiger partial charge on any atom is -0.492 e. The number of halogens is 3. The number of ether oxygens (including phenoxy) is 1. The van der Waals surface area contributed by atoms with Crippen LogP contribution in [0.15, 0.2) is 42.5 Å². The van der Waals surface area contributed by atoms with Gasteiger partial charge in [-0.15, -0.1) is 0 Å². The van der Waals surface area contributed by atoms with E-state index >= 15 is 0 Å². The second kappa shape index (κ2) is 8.26. The van der Waals surface area contributed by atoms with Gasteiger partial charge in [0.25, 0.3) is 11.8 Å². The number of likely N-dealkylation sites (tertiary alicyclic amines) is 1. The molecule has 0 unspecified atom stereocenters. The Morgan fingerprint density at radius 3 is 2.33 bits per heavy atom. The van der Waals surface area contributed by atoms with Crippen molar-refractivity contribution in [2.45, 2.75) is 32.1 Å². The highest BCUT2D eigenvalue weighted by Crippen LogP contribution is 2.31. The van der Waals surface area contributed by atoms with Crippen LogP contribution in [-0.4, -0.2) is 36.4 Å². The van der Waals surface area contributed by atoms with Crippen molar-refractivity contribution < 1.29 is 18.3 Å². The molecule has 1 amide bonds. The predicted molar refractivity (Wildman–Crippen MR) is 103 cm³/mol. The quantitative estimate of drug-likeness (QED) is 0.655. The Balaban J connectivity index is 1.70. The molecule has 27 heavy (non-hydrogen) atoms. The highest BCUT2D eigenvalue weighted by Gasteiger charge is 2.35. The number of hydrogen-bond donors (Lipinski definition) is 0. The van der Waals surface area contributed by atoms with Gasteiger partial charge < -0.3 is 9.64 Å². The first-order chi connectivity index (χ1) is 12.9. The van der Waals surface area contributed by atoms with E-state index in [0.717, 1.165) is 17.5 Å². The van der Waals surface area contributed by atoms with Gasteiger partial charge in [-0.25, -0.2) is 8.78 Å². The van der Waals surface area contributed by atoms with Crippen LogP contribution in [0, 0.1) is 0 Å². The molecule has 0 N–H and O–H groups in total. The Bertz CT molecular complexity index is 798. The van der Waals surface area contributed by atoms with E-state index in [9.17, 15) is 13.6 Å². The lowest BCUT2D eigenvalue weighted by atomic mass is 10.0. The average molecular weight is 394 g/mol. The first kappa shape index (κ1) is 19.6. The minimum atomic E-state index is -2.66. The fourth-order valence-corrected chi connectivity index (χ4v) is 3.27. The number of benzene rings is 2. The summed E-state index contributed by atoms with van der Waals surface area (Å²) in [7, 11) is 0. The maximum atomic E-state index is 13.3. The highest BCUT2D eigenvalue weighted by atomic mass is 35.5. The van der Waals surface area contributed by atoms with Gasteiger partial charge in [-0.1, -0.05) is 36.7 Å². The molecule has 6 heteroatoms. The van der Waals surface area contributed by atoms with Gasteiger partial charge in [0.1, 0.15) is 5.75 Å². The third kappa shape index (κ3) is 4.78. The summed E-state index contributed by atoms with van der Waals surface area (Å²) in [6.07, 6.45) is 0.353. The topological polar surface area (TPSA) is 29.5 Å². The van der Waals surface area contributed by atoms with Crippen LogP contribution in [0.4, 0.5) is 8.78 Å². The summed E-state index contributed by atoms with van der Waals surface area (Å²) in [5.41, 5.74) is 2.33. The van der Waals surface area contributed by atoms with Gasteiger partial charge in [-0.2, -0.15) is 0 Å². The van der Waals surface area contributed by atoms with E-state index in [1.54, 1.807) is 12.1 Å². The van der Waals surface area contributed by atoms with Crippen LogP contribution < -0.4 is 4.74 Å². The van der Waals surface area contributed by atoms with Gasteiger partial charge in [-0.3, -0.25) is 4.79 Å². The van der Waals surface area contributed by atoms with Crippen molar-refractivity contribution in [1.29, 1.82) is 0 Å². The van der Waals surface area contributed by atoms with Crippen molar-refractivity contribution in [2.24, 2.45) is 0 Å². The number of carbonyl (C=O) groups is 1. The zero-order valence-corrected chi connectivity index (χ0v) is 15.9. The first-order valence-electron chi connectivity index (χ1n) is 9.09. The first-order valence-corrected chi connectivity index (χ1v) is 9.47. The van der Waals surface area contributed by atoms with E-state index in [0.29, 0.717) is 22.9 Å². The fraction of sp³-hybridized carbons (Fsp3) is 0.381. The van der Waals surface area contributed by atoms with Crippen LogP contribution >= 0.6 is 11.6 Å². The number of amides is 1. The molecule has 1 aliphatic heterocycles. The van der Waals surface area contributed by atoms with Gasteiger partial charge in [0.05, 0.1) is 11.6 Å². The second-order valence-electron chi connectivity index (χ2n) is 6.72. The SMILES string of the molecule is CCCOc1ccc(-c2ccc(C(=O)N3CCC(F)(F)CC3)cc2)cc1Cl. The van der Waals surface area contributed by atoms with Crippen LogP contribution in [0.3, 0.4) is 0 Å². The number of alkyl halides is 2. The van der Waals surface area contributed by atoms with Crippen LogP contribution in [0.5, 0.6) is 5.75 Å². The summed E-state index contributed by atoms with van der Waals surface area (Å²) in [6, 6.07) is 12.7. The molecule has 1 fully saturated rings. The molecule has 0 spiro atoms. The Hall–Kier alpha value is -2.14. The van der Waals surface area contributed by atoms with E-state index in [2.05, 4.69) is 0 Å². The maximum absolute atomic E-state index is 13.3. The normalized spacial score (nSPS) is 16.2. The van der Waals surface area contributed by atoms with Crippen LogP contribution in [-0.2, 0) is 0 Å². The molecule has 1 saturated heterocycles. The smallest absolute Gasteiger partial charge is 0.253 e. The fourth-order valence-electron chi connectivity index (χ4n) is 3.03. The largest absolute Gasteiger partial charge is 0.492 e. The maximum Gasteiger partial charge on any atom is 0.253 e. The molecule has 0 bridgehead atoms. The van der Waals surface area contributed by atoms with Crippen LogP contribution in [0.1, 0.15) is 36.5 Å². The van der Waals surface area contributed by atoms with Crippen LogP contribution in [0.25, 0.3) is 11.1 Å². The third-order valence-electron chi connectivity index (χ3n) is 4.64. The molecule has 2 aromatic carbocycles. The van der Waals surface area contributed by atoms with E-state index in [-0.39, 0.29) is 31.8 Å². The molecule has 0 aliphatic carbocycles. The van der Waals surface area contributed by atoms with E-state index in [4.69, 9.17) is 16.3 Å². The minimum absolute atomic E-state index is 0.0857. The monoisotopic (exact) mass is 393 g/mol. The summed E-state index contributed by atoms with van der Waals surface area (Å²) in [5.74, 6) is -2.22. The lowest BCUT2D eigenvalue weighted by Gasteiger charge is -2.31. The van der Waals surface area contributed by atoms with Gasteiger partial charge in [0, 0.05) is 31.5 Å². The predicted octanol–water partition coefficient (Wildman–Crippen LogP) is 5.67. The van der Waals surface area contributed by atoms with Crippen molar-refractivity contribution in [3.8, 4) is 16.9 Å². The summed E-state index contributed by atoms with van der Waals surface area (Å²) < 4.78 is 32.1. The molecular formula is C21H22ClF2NO2. The number of piperidine rings is 1. The molecule has 3 nitrogen and oxygen atoms in total. The van der Waals surface area contributed by atoms with E-state index in [1.165, 1.54) is 4.90 Å². The van der Waals surface area contributed by atoms with Gasteiger partial charge in [0.15, 0.2) is 0 Å². The molecule has 144 valence electrons.